The van der Waals surface area contributed by atoms with Gasteiger partial charge in [-0.05, 0) is 30.2 Å². The number of hydrogen-bond acceptors (Lipinski definition) is 13. The summed E-state index contributed by atoms with van der Waals surface area (Å²) >= 11 is 0. The normalized spacial score (nSPS) is 30.7. The first-order valence-corrected chi connectivity index (χ1v) is 13.1. The molecule has 6 N–H and O–H groups in total. The highest BCUT2D eigenvalue weighted by molar-refractivity contribution is 6.00. The lowest BCUT2D eigenvalue weighted by molar-refractivity contribution is -0.338. The number of hydrogen-bond donors (Lipinski definition) is 6. The van der Waals surface area contributed by atoms with Crippen LogP contribution in [-0.4, -0.2) is 92.8 Å². The van der Waals surface area contributed by atoms with E-state index in [1.54, 1.807) is 0 Å². The third-order valence-electron chi connectivity index (χ3n) is 7.48. The molecule has 0 aromatic heterocycles. The lowest BCUT2D eigenvalue weighted by atomic mass is 9.81. The van der Waals surface area contributed by atoms with Gasteiger partial charge in [-0.3, -0.25) is 0 Å². The molecule has 5 rings (SSSR count). The zero-order valence-electron chi connectivity index (χ0n) is 22.1. The highest BCUT2D eigenvalue weighted by Crippen LogP contribution is 2.40. The van der Waals surface area contributed by atoms with Crippen molar-refractivity contribution in [2.75, 3.05) is 13.2 Å². The Morgan fingerprint density at radius 2 is 1.86 bits per heavy atom. The van der Waals surface area contributed by atoms with E-state index in [-0.39, 0.29) is 35.2 Å². The van der Waals surface area contributed by atoms with E-state index in [9.17, 15) is 40.2 Å². The van der Waals surface area contributed by atoms with E-state index in [0.29, 0.717) is 12.0 Å². The predicted molar refractivity (Wildman–Crippen MR) is 141 cm³/mol. The number of ether oxygens (including phenoxy) is 5. The van der Waals surface area contributed by atoms with Gasteiger partial charge in [0, 0.05) is 23.5 Å². The minimum absolute atomic E-state index is 0.00458. The van der Waals surface area contributed by atoms with E-state index in [2.05, 4.69) is 6.58 Å². The minimum atomic E-state index is -1.82. The van der Waals surface area contributed by atoms with Crippen molar-refractivity contribution in [1.82, 2.24) is 0 Å². The summed E-state index contributed by atoms with van der Waals surface area (Å²) in [5, 5.41) is 61.9. The Hall–Kier alpha value is -4.14. The Morgan fingerprint density at radius 1 is 1.07 bits per heavy atom. The van der Waals surface area contributed by atoms with Crippen LogP contribution in [0.3, 0.4) is 0 Å². The summed E-state index contributed by atoms with van der Waals surface area (Å²) in [5.41, 5.74) is 0.119. The van der Waals surface area contributed by atoms with Crippen molar-refractivity contribution in [1.29, 1.82) is 0 Å². The van der Waals surface area contributed by atoms with Crippen LogP contribution in [-0.2, 0) is 28.5 Å². The molecule has 224 valence electrons. The molecule has 8 atom stereocenters. The van der Waals surface area contributed by atoms with Gasteiger partial charge in [-0.25, -0.2) is 9.59 Å². The summed E-state index contributed by atoms with van der Waals surface area (Å²) in [5.74, 6) is -3.88. The van der Waals surface area contributed by atoms with Crippen molar-refractivity contribution in [2.24, 2.45) is 11.8 Å². The average Bonchev–Trinajstić information content (AvgIpc) is 2.96. The third-order valence-corrected chi connectivity index (χ3v) is 7.48. The second-order valence-corrected chi connectivity index (χ2v) is 10.1. The van der Waals surface area contributed by atoms with Crippen molar-refractivity contribution >= 4 is 11.9 Å². The topological polar surface area (TPSA) is 202 Å². The number of carbonyl (C=O) groups excluding carboxylic acids is 2. The number of cyclic esters (lactones) is 1. The van der Waals surface area contributed by atoms with Crippen LogP contribution in [0, 0.1) is 11.8 Å². The fraction of sp³-hybridized carbons (Fsp3) is 0.379. The van der Waals surface area contributed by atoms with Gasteiger partial charge in [-0.1, -0.05) is 18.2 Å². The van der Waals surface area contributed by atoms with Crippen LogP contribution in [0.15, 0.2) is 60.9 Å². The highest BCUT2D eigenvalue weighted by atomic mass is 16.8. The molecule has 3 heterocycles. The molecule has 13 nitrogen and oxygen atoms in total. The summed E-state index contributed by atoms with van der Waals surface area (Å²) in [7, 11) is 0. The second-order valence-electron chi connectivity index (χ2n) is 10.1. The van der Waals surface area contributed by atoms with E-state index < -0.39 is 72.8 Å². The molecule has 0 aliphatic carbocycles. The molecule has 3 aliphatic rings. The molecule has 3 aliphatic heterocycles. The van der Waals surface area contributed by atoms with Gasteiger partial charge >= 0.3 is 11.9 Å². The standard InChI is InChI=1S/C29H30O13/c1-2-16-17-6-7-38-26(36)19(17)12-39-28(16)42-29-25(24(35)23(34)21(11-30)40-29)41-27(37)22-18(9-15(32)10-20(22)33)13-4-3-5-14(31)8-13/h2-5,8-10,12,16-17,21,23-25,28-35H,1,6-7,11H2/t16-,17+,21-,23-,24-,25-,28-,29+/m1/s1. The van der Waals surface area contributed by atoms with Gasteiger partial charge in [0.25, 0.3) is 0 Å². The Labute approximate surface area is 239 Å². The van der Waals surface area contributed by atoms with Gasteiger partial charge in [-0.2, -0.15) is 0 Å². The van der Waals surface area contributed by atoms with Crippen molar-refractivity contribution in [2.45, 2.75) is 43.4 Å². The van der Waals surface area contributed by atoms with E-state index in [0.717, 1.165) is 6.07 Å². The van der Waals surface area contributed by atoms with Crippen LogP contribution < -0.4 is 0 Å². The molecule has 0 amide bonds. The Kier molecular flexibility index (Phi) is 8.38. The smallest absolute Gasteiger partial charge is 0.343 e. The predicted octanol–water partition coefficient (Wildman–Crippen LogP) is 1.06. The molecule has 0 saturated carbocycles. The average molecular weight is 587 g/mol. The Morgan fingerprint density at radius 3 is 2.57 bits per heavy atom. The van der Waals surface area contributed by atoms with E-state index in [4.69, 9.17) is 23.7 Å². The number of aliphatic hydroxyl groups is 3. The maximum Gasteiger partial charge on any atom is 0.343 e. The van der Waals surface area contributed by atoms with Gasteiger partial charge in [-0.15, -0.1) is 6.58 Å². The van der Waals surface area contributed by atoms with Crippen LogP contribution >= 0.6 is 0 Å². The monoisotopic (exact) mass is 586 g/mol. The lowest BCUT2D eigenvalue weighted by Gasteiger charge is -2.44. The van der Waals surface area contributed by atoms with Gasteiger partial charge in [0.2, 0.25) is 12.6 Å². The number of benzene rings is 2. The van der Waals surface area contributed by atoms with Gasteiger partial charge in [0.1, 0.15) is 41.1 Å². The molecule has 2 aromatic rings. The number of carbonyl (C=O) groups is 2. The van der Waals surface area contributed by atoms with Gasteiger partial charge < -0.3 is 54.3 Å². The highest BCUT2D eigenvalue weighted by Gasteiger charge is 2.50. The number of phenols is 3. The van der Waals surface area contributed by atoms with Gasteiger partial charge in [0.15, 0.2) is 6.10 Å². The molecule has 13 heteroatoms. The number of phenolic OH excluding ortho intramolecular Hbond substituents is 3. The first kappa shape index (κ1) is 29.4. The van der Waals surface area contributed by atoms with Crippen LogP contribution in [0.5, 0.6) is 17.2 Å². The molecule has 0 spiro atoms. The maximum atomic E-state index is 13.5. The molecule has 2 saturated heterocycles. The number of esters is 2. The lowest BCUT2D eigenvalue weighted by Crippen LogP contribution is -2.61. The fourth-order valence-corrected chi connectivity index (χ4v) is 5.36. The quantitative estimate of drug-likeness (QED) is 0.199. The molecule has 2 aromatic carbocycles. The van der Waals surface area contributed by atoms with Crippen LogP contribution in [0.1, 0.15) is 16.8 Å². The number of rotatable bonds is 7. The van der Waals surface area contributed by atoms with Crippen molar-refractivity contribution in [3.8, 4) is 28.4 Å². The Balaban J connectivity index is 1.46. The van der Waals surface area contributed by atoms with E-state index in [1.165, 1.54) is 42.7 Å². The SMILES string of the molecule is C=C[C@H]1[C@@H](O[C@@H]2O[C@H](CO)[C@@H](O)[C@@H](O)[C@H]2OC(=O)c2c(O)cc(O)cc2-c2cccc(O)c2)OC=C2C(=O)OCC[C@H]21. The summed E-state index contributed by atoms with van der Waals surface area (Å²) in [6.07, 6.45) is -6.13. The minimum Gasteiger partial charge on any atom is -0.508 e. The molecule has 0 unspecified atom stereocenters. The summed E-state index contributed by atoms with van der Waals surface area (Å²) < 4.78 is 27.9. The van der Waals surface area contributed by atoms with Crippen LogP contribution in [0.4, 0.5) is 0 Å². The Bertz CT molecular complexity index is 1390. The van der Waals surface area contributed by atoms with Crippen molar-refractivity contribution in [3.63, 3.8) is 0 Å². The molecule has 0 radical (unpaired) electrons. The molecular weight excluding hydrogens is 556 g/mol. The largest absolute Gasteiger partial charge is 0.508 e. The van der Waals surface area contributed by atoms with E-state index in [1.807, 2.05) is 0 Å². The maximum absolute atomic E-state index is 13.5. The zero-order chi connectivity index (χ0) is 30.1. The number of aliphatic hydroxyl groups excluding tert-OH is 3. The molecular formula is C29H30O13. The molecule has 42 heavy (non-hydrogen) atoms. The summed E-state index contributed by atoms with van der Waals surface area (Å²) in [4.78, 5) is 25.7. The summed E-state index contributed by atoms with van der Waals surface area (Å²) in [6.45, 7) is 3.27. The van der Waals surface area contributed by atoms with Crippen LogP contribution in [0.25, 0.3) is 11.1 Å². The van der Waals surface area contributed by atoms with Gasteiger partial charge in [0.05, 0.1) is 25.0 Å². The number of fused-ring (bicyclic) bond motifs is 1. The second kappa shape index (κ2) is 12.0. The molecule has 0 bridgehead atoms. The van der Waals surface area contributed by atoms with Crippen molar-refractivity contribution < 1.29 is 63.9 Å². The van der Waals surface area contributed by atoms with E-state index >= 15 is 0 Å². The zero-order valence-corrected chi connectivity index (χ0v) is 22.1. The number of aromatic hydroxyl groups is 3. The third kappa shape index (κ3) is 5.52. The van der Waals surface area contributed by atoms with Crippen LogP contribution in [0.2, 0.25) is 0 Å². The fourth-order valence-electron chi connectivity index (χ4n) is 5.36. The van der Waals surface area contributed by atoms with Crippen molar-refractivity contribution in [3.05, 3.63) is 66.5 Å². The molecule has 2 fully saturated rings. The summed E-state index contributed by atoms with van der Waals surface area (Å²) in [6, 6.07) is 7.77. The first-order chi connectivity index (χ1) is 20.1. The first-order valence-electron chi connectivity index (χ1n) is 13.1.